The largest absolute Gasteiger partial charge is 0.366 e. The lowest BCUT2D eigenvalue weighted by atomic mass is 10.2. The summed E-state index contributed by atoms with van der Waals surface area (Å²) >= 11 is 0. The van der Waals surface area contributed by atoms with Crippen molar-refractivity contribution in [3.63, 3.8) is 0 Å². The topological polar surface area (TPSA) is 90.7 Å². The molecule has 0 unspecified atom stereocenters. The predicted molar refractivity (Wildman–Crippen MR) is 94.9 cm³/mol. The van der Waals surface area contributed by atoms with E-state index >= 15 is 0 Å². The molecule has 1 amide bonds. The summed E-state index contributed by atoms with van der Waals surface area (Å²) in [5.41, 5.74) is 2.02. The molecule has 128 valence electrons. The number of nitriles is 1. The summed E-state index contributed by atoms with van der Waals surface area (Å²) in [7, 11) is 0. The molecule has 2 aromatic carbocycles. The van der Waals surface area contributed by atoms with Crippen LogP contribution in [-0.4, -0.2) is 15.9 Å². The first-order chi connectivity index (χ1) is 12.6. The number of nitrogens with zero attached hydrogens (tertiary/aromatic N) is 3. The van der Waals surface area contributed by atoms with Crippen LogP contribution in [0.25, 0.3) is 0 Å². The van der Waals surface area contributed by atoms with Crippen molar-refractivity contribution in [2.24, 2.45) is 0 Å². The van der Waals surface area contributed by atoms with Crippen molar-refractivity contribution in [2.45, 2.75) is 6.54 Å². The van der Waals surface area contributed by atoms with Crippen LogP contribution in [0.3, 0.4) is 0 Å². The van der Waals surface area contributed by atoms with E-state index in [0.717, 1.165) is 5.56 Å². The number of benzene rings is 2. The van der Waals surface area contributed by atoms with Gasteiger partial charge in [0.05, 0.1) is 11.6 Å². The maximum Gasteiger partial charge on any atom is 0.274 e. The molecular formula is C19H14FN5O. The van der Waals surface area contributed by atoms with Gasteiger partial charge in [-0.25, -0.2) is 14.4 Å². The average Bonchev–Trinajstić information content (AvgIpc) is 2.68. The third-order valence-electron chi connectivity index (χ3n) is 3.54. The number of aromatic nitrogens is 2. The maximum absolute atomic E-state index is 12.9. The SMILES string of the molecule is N#Cc1cccc(NC(=O)c2cc(NCc3ccc(F)cc3)ncn2)c1. The number of anilines is 2. The molecule has 26 heavy (non-hydrogen) atoms. The van der Waals surface area contributed by atoms with Gasteiger partial charge in [0.25, 0.3) is 5.91 Å². The fourth-order valence-corrected chi connectivity index (χ4v) is 2.23. The molecule has 0 fully saturated rings. The number of rotatable bonds is 5. The van der Waals surface area contributed by atoms with Gasteiger partial charge in [-0.1, -0.05) is 18.2 Å². The van der Waals surface area contributed by atoms with Gasteiger partial charge in [-0.05, 0) is 35.9 Å². The van der Waals surface area contributed by atoms with Crippen molar-refractivity contribution in [2.75, 3.05) is 10.6 Å². The minimum absolute atomic E-state index is 0.184. The summed E-state index contributed by atoms with van der Waals surface area (Å²) < 4.78 is 12.9. The summed E-state index contributed by atoms with van der Waals surface area (Å²) in [6, 6.07) is 16.2. The molecule has 0 saturated heterocycles. The van der Waals surface area contributed by atoms with Crippen LogP contribution in [0.1, 0.15) is 21.6 Å². The molecule has 0 saturated carbocycles. The molecule has 0 radical (unpaired) electrons. The lowest BCUT2D eigenvalue weighted by Gasteiger charge is -2.08. The molecule has 0 aliphatic carbocycles. The van der Waals surface area contributed by atoms with E-state index in [2.05, 4.69) is 20.6 Å². The van der Waals surface area contributed by atoms with Gasteiger partial charge in [-0.15, -0.1) is 0 Å². The zero-order valence-electron chi connectivity index (χ0n) is 13.6. The first-order valence-corrected chi connectivity index (χ1v) is 7.76. The molecule has 3 aromatic rings. The number of carbonyl (C=O) groups is 1. The summed E-state index contributed by atoms with van der Waals surface area (Å²) in [5.74, 6) is -0.234. The molecule has 0 atom stereocenters. The molecule has 0 spiro atoms. The van der Waals surface area contributed by atoms with Gasteiger partial charge in [0.2, 0.25) is 0 Å². The average molecular weight is 347 g/mol. The van der Waals surface area contributed by atoms with Crippen LogP contribution in [0, 0.1) is 17.1 Å². The number of carbonyl (C=O) groups excluding carboxylic acids is 1. The molecule has 0 bridgehead atoms. The van der Waals surface area contributed by atoms with Gasteiger partial charge in [0.1, 0.15) is 23.7 Å². The van der Waals surface area contributed by atoms with Gasteiger partial charge >= 0.3 is 0 Å². The Balaban J connectivity index is 1.67. The minimum atomic E-state index is -0.410. The second-order valence-electron chi connectivity index (χ2n) is 5.42. The molecule has 3 rings (SSSR count). The Morgan fingerprint density at radius 2 is 1.92 bits per heavy atom. The van der Waals surface area contributed by atoms with Gasteiger partial charge in [-0.3, -0.25) is 4.79 Å². The lowest BCUT2D eigenvalue weighted by molar-refractivity contribution is 0.102. The number of amides is 1. The highest BCUT2D eigenvalue weighted by Gasteiger charge is 2.09. The predicted octanol–water partition coefficient (Wildman–Crippen LogP) is 3.35. The molecule has 0 aliphatic rings. The van der Waals surface area contributed by atoms with Crippen molar-refractivity contribution in [1.29, 1.82) is 5.26 Å². The summed E-state index contributed by atoms with van der Waals surface area (Å²) in [6.07, 6.45) is 1.29. The quantitative estimate of drug-likeness (QED) is 0.738. The summed E-state index contributed by atoms with van der Waals surface area (Å²) in [6.45, 7) is 0.433. The van der Waals surface area contributed by atoms with E-state index in [1.807, 2.05) is 6.07 Å². The number of hydrogen-bond acceptors (Lipinski definition) is 5. The smallest absolute Gasteiger partial charge is 0.274 e. The van der Waals surface area contributed by atoms with Crippen molar-refractivity contribution < 1.29 is 9.18 Å². The van der Waals surface area contributed by atoms with Crippen LogP contribution < -0.4 is 10.6 Å². The third kappa shape index (κ3) is 4.39. The van der Waals surface area contributed by atoms with E-state index < -0.39 is 5.91 Å². The van der Waals surface area contributed by atoms with E-state index in [9.17, 15) is 9.18 Å². The lowest BCUT2D eigenvalue weighted by Crippen LogP contribution is -2.14. The zero-order chi connectivity index (χ0) is 18.4. The van der Waals surface area contributed by atoms with Crippen molar-refractivity contribution in [1.82, 2.24) is 9.97 Å². The van der Waals surface area contributed by atoms with Crippen LogP contribution in [0.2, 0.25) is 0 Å². The number of hydrogen-bond donors (Lipinski definition) is 2. The Hall–Kier alpha value is -3.79. The highest BCUT2D eigenvalue weighted by Crippen LogP contribution is 2.13. The summed E-state index contributed by atoms with van der Waals surface area (Å²) in [5, 5.41) is 14.7. The Morgan fingerprint density at radius 3 is 2.69 bits per heavy atom. The Labute approximate surface area is 149 Å². The Morgan fingerprint density at radius 1 is 1.12 bits per heavy atom. The second kappa shape index (κ2) is 7.85. The van der Waals surface area contributed by atoms with Crippen molar-refractivity contribution >= 4 is 17.4 Å². The number of nitrogens with one attached hydrogen (secondary N) is 2. The van der Waals surface area contributed by atoms with E-state index in [0.29, 0.717) is 23.6 Å². The molecule has 6 nitrogen and oxygen atoms in total. The zero-order valence-corrected chi connectivity index (χ0v) is 13.6. The normalized spacial score (nSPS) is 10.0. The Kier molecular flexibility index (Phi) is 5.15. The molecule has 1 aromatic heterocycles. The van der Waals surface area contributed by atoms with Crippen molar-refractivity contribution in [3.8, 4) is 6.07 Å². The minimum Gasteiger partial charge on any atom is -0.366 e. The highest BCUT2D eigenvalue weighted by atomic mass is 19.1. The molecule has 1 heterocycles. The standard InChI is InChI=1S/C19H14FN5O/c20-15-6-4-13(5-7-15)11-22-18-9-17(23-12-24-18)19(26)25-16-3-1-2-14(8-16)10-21/h1-9,12H,11H2,(H,25,26)(H,22,23,24). The van der Waals surface area contributed by atoms with E-state index in [-0.39, 0.29) is 11.5 Å². The first-order valence-electron chi connectivity index (χ1n) is 7.76. The monoisotopic (exact) mass is 347 g/mol. The highest BCUT2D eigenvalue weighted by molar-refractivity contribution is 6.03. The van der Waals surface area contributed by atoms with Crippen LogP contribution in [0.15, 0.2) is 60.9 Å². The third-order valence-corrected chi connectivity index (χ3v) is 3.54. The maximum atomic E-state index is 12.9. The molecule has 0 aliphatic heterocycles. The van der Waals surface area contributed by atoms with Gasteiger partial charge in [0, 0.05) is 18.3 Å². The summed E-state index contributed by atoms with van der Waals surface area (Å²) in [4.78, 5) is 20.4. The molecule has 2 N–H and O–H groups in total. The Bertz CT molecular complexity index is 966. The first kappa shape index (κ1) is 17.0. The second-order valence-corrected chi connectivity index (χ2v) is 5.42. The molecule has 7 heteroatoms. The fraction of sp³-hybridized carbons (Fsp3) is 0.0526. The van der Waals surface area contributed by atoms with Crippen molar-refractivity contribution in [3.05, 3.63) is 83.6 Å². The number of halogens is 1. The van der Waals surface area contributed by atoms with E-state index in [1.165, 1.54) is 24.5 Å². The fourth-order valence-electron chi connectivity index (χ4n) is 2.23. The van der Waals surface area contributed by atoms with Gasteiger partial charge < -0.3 is 10.6 Å². The van der Waals surface area contributed by atoms with E-state index in [1.54, 1.807) is 36.4 Å². The van der Waals surface area contributed by atoms with Crippen LogP contribution >= 0.6 is 0 Å². The van der Waals surface area contributed by atoms with Gasteiger partial charge in [-0.2, -0.15) is 5.26 Å². The van der Waals surface area contributed by atoms with E-state index in [4.69, 9.17) is 5.26 Å². The van der Waals surface area contributed by atoms with Crippen LogP contribution in [-0.2, 0) is 6.54 Å². The molecular weight excluding hydrogens is 333 g/mol. The van der Waals surface area contributed by atoms with Crippen LogP contribution in [0.4, 0.5) is 15.9 Å². The van der Waals surface area contributed by atoms with Gasteiger partial charge in [0.15, 0.2) is 0 Å². The van der Waals surface area contributed by atoms with Crippen LogP contribution in [0.5, 0.6) is 0 Å².